The van der Waals surface area contributed by atoms with E-state index >= 15 is 0 Å². The Balaban J connectivity index is 1.57. The van der Waals surface area contributed by atoms with Crippen LogP contribution >= 0.6 is 11.3 Å². The highest BCUT2D eigenvalue weighted by atomic mass is 32.1. The van der Waals surface area contributed by atoms with Crippen molar-refractivity contribution in [2.24, 2.45) is 10.4 Å². The fourth-order valence-corrected chi connectivity index (χ4v) is 4.45. The molecule has 0 fully saturated rings. The predicted octanol–water partition coefficient (Wildman–Crippen LogP) is 2.49. The van der Waals surface area contributed by atoms with E-state index in [-0.39, 0.29) is 18.7 Å². The van der Waals surface area contributed by atoms with E-state index in [2.05, 4.69) is 25.3 Å². The summed E-state index contributed by atoms with van der Waals surface area (Å²) in [6, 6.07) is 4.14. The molecule has 2 atom stereocenters. The lowest BCUT2D eigenvalue weighted by Crippen LogP contribution is -2.41. The van der Waals surface area contributed by atoms with Crippen molar-refractivity contribution in [3.63, 3.8) is 0 Å². The molecular formula is C25H33N5O7S. The molecule has 0 saturated heterocycles. The minimum atomic E-state index is -0.981. The zero-order chi connectivity index (χ0) is 28.0. The van der Waals surface area contributed by atoms with Gasteiger partial charge in [-0.05, 0) is 31.0 Å². The molecule has 3 heterocycles. The molecule has 0 aromatic carbocycles. The first-order valence-electron chi connectivity index (χ1n) is 12.0. The third-order valence-electron chi connectivity index (χ3n) is 5.84. The molecule has 2 amide bonds. The highest BCUT2D eigenvalue weighted by Gasteiger charge is 2.28. The molecule has 38 heavy (non-hydrogen) atoms. The topological polar surface area (TPSA) is 162 Å². The quantitative estimate of drug-likeness (QED) is 0.330. The van der Waals surface area contributed by atoms with E-state index < -0.39 is 35.5 Å². The largest absolute Gasteiger partial charge is 0.469 e. The number of carbonyl (C=O) groups is 4. The molecule has 0 saturated carbocycles. The molecule has 12 nitrogen and oxygen atoms in total. The number of thiophene rings is 1. The average molecular weight is 548 g/mol. The number of nitrogens with zero attached hydrogens (tertiary/aromatic N) is 2. The number of aliphatic hydroxyl groups is 1. The highest BCUT2D eigenvalue weighted by Crippen LogP contribution is 2.34. The summed E-state index contributed by atoms with van der Waals surface area (Å²) in [4.78, 5) is 58.7. The minimum absolute atomic E-state index is 0.0424. The summed E-state index contributed by atoms with van der Waals surface area (Å²) in [5.74, 6) is -0.831. The van der Waals surface area contributed by atoms with E-state index in [1.165, 1.54) is 31.9 Å². The van der Waals surface area contributed by atoms with E-state index in [9.17, 15) is 24.3 Å². The van der Waals surface area contributed by atoms with E-state index in [0.717, 1.165) is 4.88 Å². The molecule has 0 aliphatic carbocycles. The van der Waals surface area contributed by atoms with Gasteiger partial charge in [0.15, 0.2) is 6.23 Å². The Bertz CT molecular complexity index is 1210. The van der Waals surface area contributed by atoms with Gasteiger partial charge in [0.25, 0.3) is 5.91 Å². The van der Waals surface area contributed by atoms with Gasteiger partial charge in [-0.15, -0.1) is 11.3 Å². The summed E-state index contributed by atoms with van der Waals surface area (Å²) in [7, 11) is 2.46. The second kappa shape index (κ2) is 12.2. The molecular weight excluding hydrogens is 514 g/mol. The summed E-state index contributed by atoms with van der Waals surface area (Å²) in [5.41, 5.74) is -0.0250. The first kappa shape index (κ1) is 28.9. The fraction of sp³-hybridized carbons (Fsp3) is 0.480. The lowest BCUT2D eigenvalue weighted by Gasteiger charge is -2.28. The lowest BCUT2D eigenvalue weighted by atomic mass is 9.96. The van der Waals surface area contributed by atoms with Crippen molar-refractivity contribution in [2.75, 3.05) is 26.1 Å². The number of aromatic nitrogens is 1. The van der Waals surface area contributed by atoms with Gasteiger partial charge in [-0.2, -0.15) is 0 Å². The number of rotatable bonds is 10. The number of aromatic amines is 1. The van der Waals surface area contributed by atoms with Gasteiger partial charge in [-0.3, -0.25) is 14.4 Å². The van der Waals surface area contributed by atoms with E-state index in [4.69, 9.17) is 4.74 Å². The fourth-order valence-electron chi connectivity index (χ4n) is 3.55. The minimum Gasteiger partial charge on any atom is -0.469 e. The number of H-pyrrole nitrogens is 1. The number of aliphatic imine (C=N–C) groups is 1. The maximum absolute atomic E-state index is 12.7. The molecule has 0 spiro atoms. The van der Waals surface area contributed by atoms with Crippen LogP contribution in [0.15, 0.2) is 23.2 Å². The molecule has 2 aromatic heterocycles. The summed E-state index contributed by atoms with van der Waals surface area (Å²) < 4.78 is 9.32. The predicted molar refractivity (Wildman–Crippen MR) is 141 cm³/mol. The molecule has 1 unspecified atom stereocenters. The van der Waals surface area contributed by atoms with Gasteiger partial charge >= 0.3 is 11.9 Å². The monoisotopic (exact) mass is 547 g/mol. The van der Waals surface area contributed by atoms with Crippen molar-refractivity contribution in [3.8, 4) is 0 Å². The molecule has 3 rings (SSSR count). The zero-order valence-corrected chi connectivity index (χ0v) is 22.8. The zero-order valence-electron chi connectivity index (χ0n) is 22.0. The molecule has 2 aromatic rings. The Morgan fingerprint density at radius 3 is 2.61 bits per heavy atom. The van der Waals surface area contributed by atoms with Gasteiger partial charge in [-0.25, -0.2) is 9.79 Å². The molecule has 0 bridgehead atoms. The molecule has 0 radical (unpaired) electrons. The van der Waals surface area contributed by atoms with Crippen molar-refractivity contribution >= 4 is 53.1 Å². The number of hydrogen-bond donors (Lipinski definition) is 4. The van der Waals surface area contributed by atoms with Crippen molar-refractivity contribution in [1.29, 1.82) is 0 Å². The Morgan fingerprint density at radius 1 is 1.21 bits per heavy atom. The Morgan fingerprint density at radius 2 is 1.95 bits per heavy atom. The number of hydrogen-bond acceptors (Lipinski definition) is 10. The van der Waals surface area contributed by atoms with Crippen molar-refractivity contribution in [2.45, 2.75) is 52.3 Å². The normalized spacial score (nSPS) is 15.4. The standard InChI is InChI=1S/C25H33N5O7S/c1-25(2,3)24(35)29-18-12-15-20(28-18)26-13-30(22(15)33)11-10-14-6-8-17(38-14)21(32)27-16(23(34)37-5)7-9-19(31)36-4/h6,8,12-13,16,22,28,33H,7,9-11H2,1-5H3,(H,27,32)(H,29,35)/t16-,22?/m1/s1. The van der Waals surface area contributed by atoms with E-state index in [1.54, 1.807) is 23.1 Å². The smallest absolute Gasteiger partial charge is 0.328 e. The van der Waals surface area contributed by atoms with Crippen LogP contribution in [-0.4, -0.2) is 71.9 Å². The Kier molecular flexibility index (Phi) is 9.28. The Labute approximate surface area is 224 Å². The summed E-state index contributed by atoms with van der Waals surface area (Å²) in [6.45, 7) is 5.84. The van der Waals surface area contributed by atoms with Crippen molar-refractivity contribution in [1.82, 2.24) is 15.2 Å². The van der Waals surface area contributed by atoms with Gasteiger partial charge in [0.2, 0.25) is 5.91 Å². The summed E-state index contributed by atoms with van der Waals surface area (Å²) in [6.07, 6.45) is 1.11. The first-order chi connectivity index (χ1) is 17.9. The SMILES string of the molecule is COC(=O)CC[C@@H](NC(=O)c1ccc(CCN2C=Nc3[nH]c(NC(=O)C(C)(C)C)cc3C2O)s1)C(=O)OC. The van der Waals surface area contributed by atoms with Crippen LogP contribution in [0.25, 0.3) is 0 Å². The van der Waals surface area contributed by atoms with Crippen LogP contribution in [0.2, 0.25) is 0 Å². The van der Waals surface area contributed by atoms with Gasteiger partial charge in [0.1, 0.15) is 17.7 Å². The van der Waals surface area contributed by atoms with Crippen LogP contribution in [0.5, 0.6) is 0 Å². The Hall–Kier alpha value is -3.71. The van der Waals surface area contributed by atoms with Gasteiger partial charge in [0, 0.05) is 28.8 Å². The number of amides is 2. The van der Waals surface area contributed by atoms with E-state index in [1.807, 2.05) is 20.8 Å². The molecule has 1 aliphatic heterocycles. The molecule has 1 aliphatic rings. The van der Waals surface area contributed by atoms with Crippen molar-refractivity contribution in [3.05, 3.63) is 33.5 Å². The highest BCUT2D eigenvalue weighted by molar-refractivity contribution is 7.14. The molecule has 13 heteroatoms. The van der Waals surface area contributed by atoms with Gasteiger partial charge in [0.05, 0.1) is 25.4 Å². The lowest BCUT2D eigenvalue weighted by molar-refractivity contribution is -0.144. The maximum atomic E-state index is 12.7. The van der Waals surface area contributed by atoms with Crippen LogP contribution in [0.3, 0.4) is 0 Å². The van der Waals surface area contributed by atoms with Crippen LogP contribution in [0, 0.1) is 5.41 Å². The van der Waals surface area contributed by atoms with Crippen LogP contribution in [0.1, 0.15) is 60.0 Å². The number of esters is 2. The van der Waals surface area contributed by atoms with Crippen molar-refractivity contribution < 1.29 is 33.8 Å². The van der Waals surface area contributed by atoms with Crippen LogP contribution < -0.4 is 10.6 Å². The van der Waals surface area contributed by atoms with E-state index in [0.29, 0.717) is 35.0 Å². The number of ether oxygens (including phenoxy) is 2. The second-order valence-corrected chi connectivity index (χ2v) is 10.9. The number of aliphatic hydroxyl groups excluding tert-OH is 1. The van der Waals surface area contributed by atoms with Crippen LogP contribution in [0.4, 0.5) is 11.6 Å². The van der Waals surface area contributed by atoms with Crippen LogP contribution in [-0.2, 0) is 30.3 Å². The van der Waals surface area contributed by atoms with Gasteiger partial charge in [-0.1, -0.05) is 20.8 Å². The average Bonchev–Trinajstić information content (AvgIpc) is 3.52. The maximum Gasteiger partial charge on any atom is 0.328 e. The number of fused-ring (bicyclic) bond motifs is 1. The number of carbonyl (C=O) groups excluding carboxylic acids is 4. The number of methoxy groups -OCH3 is 2. The van der Waals surface area contributed by atoms with Gasteiger partial charge < -0.3 is 35.1 Å². The number of nitrogens with one attached hydrogen (secondary N) is 3. The third kappa shape index (κ3) is 7.19. The summed E-state index contributed by atoms with van der Waals surface area (Å²) >= 11 is 1.26. The molecule has 206 valence electrons. The second-order valence-electron chi connectivity index (χ2n) is 9.73. The third-order valence-corrected chi connectivity index (χ3v) is 6.98. The first-order valence-corrected chi connectivity index (χ1v) is 12.8. The number of anilines is 1. The molecule has 4 N–H and O–H groups in total. The summed E-state index contributed by atoms with van der Waals surface area (Å²) in [5, 5.41) is 16.3.